The quantitative estimate of drug-likeness (QED) is 0.577. The monoisotopic (exact) mass is 155 g/mol. The molecule has 0 aromatic rings. The molecule has 1 aliphatic heterocycles. The van der Waals surface area contributed by atoms with E-state index in [4.69, 9.17) is 4.74 Å². The lowest BCUT2D eigenvalue weighted by Crippen LogP contribution is -2.54. The fourth-order valence-corrected chi connectivity index (χ4v) is 1.36. The maximum Gasteiger partial charge on any atom is 0.0656 e. The fourth-order valence-electron chi connectivity index (χ4n) is 1.36. The number of hydrogen-bond acceptors (Lipinski definition) is 2. The first-order valence-electron chi connectivity index (χ1n) is 4.12. The second kappa shape index (κ2) is 3.37. The number of allylic oxidation sites excluding steroid dienone is 1. The summed E-state index contributed by atoms with van der Waals surface area (Å²) in [5.74, 6) is 0. The largest absolute Gasteiger partial charge is 0.378 e. The Morgan fingerprint density at radius 1 is 1.55 bits per heavy atom. The van der Waals surface area contributed by atoms with Gasteiger partial charge in [0.05, 0.1) is 13.2 Å². The molecule has 1 unspecified atom stereocenters. The molecule has 2 heteroatoms. The van der Waals surface area contributed by atoms with Crippen LogP contribution in [0.5, 0.6) is 0 Å². The van der Waals surface area contributed by atoms with Gasteiger partial charge < -0.3 is 10.1 Å². The molecule has 1 fully saturated rings. The van der Waals surface area contributed by atoms with Crippen molar-refractivity contribution in [3.8, 4) is 0 Å². The highest BCUT2D eigenvalue weighted by Gasteiger charge is 2.25. The zero-order chi connectivity index (χ0) is 8.32. The van der Waals surface area contributed by atoms with Crippen molar-refractivity contribution in [3.63, 3.8) is 0 Å². The van der Waals surface area contributed by atoms with Gasteiger partial charge >= 0.3 is 0 Å². The molecular weight excluding hydrogens is 138 g/mol. The minimum atomic E-state index is 0.127. The van der Waals surface area contributed by atoms with Crippen LogP contribution in [-0.2, 0) is 4.74 Å². The fraction of sp³-hybridized carbons (Fsp3) is 0.778. The Morgan fingerprint density at radius 2 is 2.27 bits per heavy atom. The van der Waals surface area contributed by atoms with E-state index in [0.29, 0.717) is 6.04 Å². The van der Waals surface area contributed by atoms with Gasteiger partial charge in [0, 0.05) is 11.6 Å². The molecule has 11 heavy (non-hydrogen) atoms. The van der Waals surface area contributed by atoms with Crippen LogP contribution in [0.3, 0.4) is 0 Å². The number of ether oxygens (including phenoxy) is 1. The number of hydrogen-bond donors (Lipinski definition) is 1. The van der Waals surface area contributed by atoms with Gasteiger partial charge in [0.25, 0.3) is 0 Å². The minimum absolute atomic E-state index is 0.127. The van der Waals surface area contributed by atoms with Gasteiger partial charge in [-0.2, -0.15) is 0 Å². The highest BCUT2D eigenvalue weighted by Crippen LogP contribution is 2.10. The van der Waals surface area contributed by atoms with Crippen molar-refractivity contribution in [1.29, 1.82) is 0 Å². The van der Waals surface area contributed by atoms with E-state index in [9.17, 15) is 0 Å². The van der Waals surface area contributed by atoms with Gasteiger partial charge in [-0.05, 0) is 20.8 Å². The summed E-state index contributed by atoms with van der Waals surface area (Å²) in [6, 6.07) is 0.392. The lowest BCUT2D eigenvalue weighted by atomic mass is 10.0. The second-order valence-electron chi connectivity index (χ2n) is 3.68. The van der Waals surface area contributed by atoms with E-state index in [1.165, 1.54) is 0 Å². The molecule has 1 saturated heterocycles. The Bertz CT molecular complexity index is 152. The van der Waals surface area contributed by atoms with E-state index in [-0.39, 0.29) is 5.54 Å². The Labute approximate surface area is 68.6 Å². The van der Waals surface area contributed by atoms with Gasteiger partial charge in [-0.15, -0.1) is 0 Å². The van der Waals surface area contributed by atoms with Crippen LogP contribution in [0, 0.1) is 0 Å². The first kappa shape index (κ1) is 8.75. The molecule has 0 amide bonds. The summed E-state index contributed by atoms with van der Waals surface area (Å²) in [6.07, 6.45) is 4.20. The van der Waals surface area contributed by atoms with Crippen molar-refractivity contribution in [2.75, 3.05) is 13.2 Å². The summed E-state index contributed by atoms with van der Waals surface area (Å²) in [7, 11) is 0. The highest BCUT2D eigenvalue weighted by atomic mass is 16.5. The molecule has 1 atom stereocenters. The smallest absolute Gasteiger partial charge is 0.0656 e. The van der Waals surface area contributed by atoms with E-state index in [0.717, 1.165) is 13.2 Å². The third-order valence-corrected chi connectivity index (χ3v) is 1.76. The molecule has 2 nitrogen and oxygen atoms in total. The van der Waals surface area contributed by atoms with Crippen LogP contribution in [0.2, 0.25) is 0 Å². The third kappa shape index (κ3) is 2.64. The van der Waals surface area contributed by atoms with Gasteiger partial charge in [0.1, 0.15) is 0 Å². The summed E-state index contributed by atoms with van der Waals surface area (Å²) >= 11 is 0. The van der Waals surface area contributed by atoms with Crippen LogP contribution in [0.1, 0.15) is 20.8 Å². The van der Waals surface area contributed by atoms with Crippen molar-refractivity contribution >= 4 is 0 Å². The van der Waals surface area contributed by atoms with Gasteiger partial charge in [0.2, 0.25) is 0 Å². The Morgan fingerprint density at radius 3 is 2.82 bits per heavy atom. The topological polar surface area (TPSA) is 21.3 Å². The molecular formula is C9H17NO. The normalized spacial score (nSPS) is 31.0. The molecule has 0 aromatic carbocycles. The third-order valence-electron chi connectivity index (χ3n) is 1.76. The summed E-state index contributed by atoms with van der Waals surface area (Å²) < 4.78 is 5.44. The zero-order valence-corrected chi connectivity index (χ0v) is 7.55. The molecule has 0 bridgehead atoms. The van der Waals surface area contributed by atoms with Crippen molar-refractivity contribution < 1.29 is 4.74 Å². The van der Waals surface area contributed by atoms with E-state index >= 15 is 0 Å². The molecule has 0 aliphatic carbocycles. The molecule has 0 saturated carbocycles. The number of rotatable bonds is 1. The number of morpholine rings is 1. The second-order valence-corrected chi connectivity index (χ2v) is 3.68. The lowest BCUT2D eigenvalue weighted by molar-refractivity contribution is 0.0253. The van der Waals surface area contributed by atoms with E-state index in [1.54, 1.807) is 0 Å². The predicted octanol–water partition coefficient (Wildman–Crippen LogP) is 1.33. The molecule has 0 spiro atoms. The SMILES string of the molecule is C/C=C/C1COCC(C)(C)N1. The van der Waals surface area contributed by atoms with Crippen LogP contribution >= 0.6 is 0 Å². The van der Waals surface area contributed by atoms with Crippen LogP contribution in [-0.4, -0.2) is 24.8 Å². The molecule has 64 valence electrons. The Hall–Kier alpha value is -0.340. The molecule has 1 N–H and O–H groups in total. The van der Waals surface area contributed by atoms with E-state index in [2.05, 4.69) is 31.3 Å². The van der Waals surface area contributed by atoms with Crippen LogP contribution < -0.4 is 5.32 Å². The minimum Gasteiger partial charge on any atom is -0.378 e. The molecule has 0 radical (unpaired) electrons. The molecule has 1 heterocycles. The maximum absolute atomic E-state index is 5.44. The Balaban J connectivity index is 2.46. The first-order chi connectivity index (χ1) is 5.14. The van der Waals surface area contributed by atoms with Crippen molar-refractivity contribution in [2.24, 2.45) is 0 Å². The predicted molar refractivity (Wildman–Crippen MR) is 46.6 cm³/mol. The van der Waals surface area contributed by atoms with Crippen molar-refractivity contribution in [3.05, 3.63) is 12.2 Å². The first-order valence-corrected chi connectivity index (χ1v) is 4.12. The summed E-state index contributed by atoms with van der Waals surface area (Å²) in [4.78, 5) is 0. The molecule has 1 aliphatic rings. The van der Waals surface area contributed by atoms with Crippen molar-refractivity contribution in [2.45, 2.75) is 32.4 Å². The van der Waals surface area contributed by atoms with Crippen LogP contribution in [0.15, 0.2) is 12.2 Å². The average molecular weight is 155 g/mol. The van der Waals surface area contributed by atoms with Gasteiger partial charge in [0.15, 0.2) is 0 Å². The van der Waals surface area contributed by atoms with E-state index < -0.39 is 0 Å². The summed E-state index contributed by atoms with van der Waals surface area (Å²) in [6.45, 7) is 7.95. The lowest BCUT2D eigenvalue weighted by Gasteiger charge is -2.35. The summed E-state index contributed by atoms with van der Waals surface area (Å²) in [5.41, 5.74) is 0.127. The number of nitrogens with one attached hydrogen (secondary N) is 1. The Kier molecular flexibility index (Phi) is 2.68. The molecule has 0 aromatic heterocycles. The van der Waals surface area contributed by atoms with Gasteiger partial charge in [-0.3, -0.25) is 0 Å². The van der Waals surface area contributed by atoms with Crippen LogP contribution in [0.4, 0.5) is 0 Å². The average Bonchev–Trinajstić information content (AvgIpc) is 1.85. The standard InChI is InChI=1S/C9H17NO/c1-4-5-8-6-11-7-9(2,3)10-8/h4-5,8,10H,6-7H2,1-3H3/b5-4+. The van der Waals surface area contributed by atoms with Crippen molar-refractivity contribution in [1.82, 2.24) is 5.32 Å². The maximum atomic E-state index is 5.44. The highest BCUT2D eigenvalue weighted by molar-refractivity contribution is 4.97. The van der Waals surface area contributed by atoms with Crippen LogP contribution in [0.25, 0.3) is 0 Å². The summed E-state index contributed by atoms with van der Waals surface area (Å²) in [5, 5.41) is 3.48. The molecule has 1 rings (SSSR count). The zero-order valence-electron chi connectivity index (χ0n) is 7.55. The van der Waals surface area contributed by atoms with Gasteiger partial charge in [-0.1, -0.05) is 12.2 Å². The van der Waals surface area contributed by atoms with Gasteiger partial charge in [-0.25, -0.2) is 0 Å². The van der Waals surface area contributed by atoms with E-state index in [1.807, 2.05) is 6.92 Å².